The van der Waals surface area contributed by atoms with Gasteiger partial charge in [0.2, 0.25) is 5.91 Å². The quantitative estimate of drug-likeness (QED) is 0.667. The molecule has 1 aliphatic rings. The number of rotatable bonds is 5. The van der Waals surface area contributed by atoms with E-state index in [0.29, 0.717) is 35.4 Å². The lowest BCUT2D eigenvalue weighted by molar-refractivity contribution is -0.116. The molecule has 0 radical (unpaired) electrons. The number of aromatic nitrogens is 2. The number of halogens is 1. The van der Waals surface area contributed by atoms with E-state index in [2.05, 4.69) is 15.5 Å². The Hall–Kier alpha value is -2.99. The number of methoxy groups -OCH3 is 1. The molecule has 1 amide bonds. The SMILES string of the molecule is COc1cccc([C@@H]2CC(=O)Nc3n[nH]c(C)c32)c1OCc1ccccc1Cl. The minimum absolute atomic E-state index is 0.0797. The number of hydrogen-bond donors (Lipinski definition) is 2. The topological polar surface area (TPSA) is 76.2 Å². The van der Waals surface area contributed by atoms with Crippen molar-refractivity contribution in [2.75, 3.05) is 12.4 Å². The lowest BCUT2D eigenvalue weighted by Gasteiger charge is -2.25. The van der Waals surface area contributed by atoms with Crippen molar-refractivity contribution in [3.8, 4) is 11.5 Å². The summed E-state index contributed by atoms with van der Waals surface area (Å²) in [4.78, 5) is 12.3. The van der Waals surface area contributed by atoms with Crippen molar-refractivity contribution in [3.05, 3.63) is 69.9 Å². The van der Waals surface area contributed by atoms with Gasteiger partial charge in [-0.2, -0.15) is 5.10 Å². The van der Waals surface area contributed by atoms with Crippen LogP contribution in [0.1, 0.15) is 34.7 Å². The highest BCUT2D eigenvalue weighted by molar-refractivity contribution is 6.31. The summed E-state index contributed by atoms with van der Waals surface area (Å²) in [6.45, 7) is 2.24. The molecular formula is C21H20ClN3O3. The minimum atomic E-state index is -0.182. The fourth-order valence-corrected chi connectivity index (χ4v) is 3.77. The number of amides is 1. The average molecular weight is 398 g/mol. The van der Waals surface area contributed by atoms with Gasteiger partial charge in [0.15, 0.2) is 17.3 Å². The summed E-state index contributed by atoms with van der Waals surface area (Å²) in [6.07, 6.45) is 0.309. The number of carbonyl (C=O) groups excluding carboxylic acids is 1. The van der Waals surface area contributed by atoms with Crippen molar-refractivity contribution in [2.45, 2.75) is 25.9 Å². The number of benzene rings is 2. The number of nitrogens with zero attached hydrogens (tertiary/aromatic N) is 1. The maximum absolute atomic E-state index is 12.3. The molecule has 28 heavy (non-hydrogen) atoms. The number of fused-ring (bicyclic) bond motifs is 1. The van der Waals surface area contributed by atoms with Crippen molar-refractivity contribution >= 4 is 23.3 Å². The van der Waals surface area contributed by atoms with Gasteiger partial charge in [0.1, 0.15) is 6.61 Å². The Labute approximate surface area is 167 Å². The van der Waals surface area contributed by atoms with Crippen molar-refractivity contribution in [3.63, 3.8) is 0 Å². The summed E-state index contributed by atoms with van der Waals surface area (Å²) in [5.41, 5.74) is 3.64. The Morgan fingerprint density at radius 3 is 2.82 bits per heavy atom. The molecule has 0 spiro atoms. The fraction of sp³-hybridized carbons (Fsp3) is 0.238. The van der Waals surface area contributed by atoms with Crippen LogP contribution in [0.5, 0.6) is 11.5 Å². The van der Waals surface area contributed by atoms with E-state index in [4.69, 9.17) is 21.1 Å². The largest absolute Gasteiger partial charge is 0.493 e. The number of para-hydroxylation sites is 1. The van der Waals surface area contributed by atoms with E-state index < -0.39 is 0 Å². The van der Waals surface area contributed by atoms with Gasteiger partial charge >= 0.3 is 0 Å². The van der Waals surface area contributed by atoms with Gasteiger partial charge in [-0.25, -0.2) is 0 Å². The standard InChI is InChI=1S/C21H20ClN3O3/c1-12-19-15(10-18(26)23-21(19)25-24-12)14-7-5-9-17(27-2)20(14)28-11-13-6-3-4-8-16(13)22/h3-9,15H,10-11H2,1-2H3,(H2,23,24,25,26)/t15-/m0/s1. The van der Waals surface area contributed by atoms with Crippen LogP contribution in [0.3, 0.4) is 0 Å². The highest BCUT2D eigenvalue weighted by atomic mass is 35.5. The number of aryl methyl sites for hydroxylation is 1. The molecule has 2 heterocycles. The van der Waals surface area contributed by atoms with Crippen LogP contribution in [0.25, 0.3) is 0 Å². The fourth-order valence-electron chi connectivity index (χ4n) is 3.58. The Bertz CT molecular complexity index is 1030. The zero-order chi connectivity index (χ0) is 19.7. The van der Waals surface area contributed by atoms with Crippen molar-refractivity contribution in [1.82, 2.24) is 10.2 Å². The zero-order valence-electron chi connectivity index (χ0n) is 15.6. The van der Waals surface area contributed by atoms with Gasteiger partial charge in [-0.3, -0.25) is 9.89 Å². The molecule has 0 saturated heterocycles. The predicted molar refractivity (Wildman–Crippen MR) is 107 cm³/mol. The Balaban J connectivity index is 1.75. The van der Waals surface area contributed by atoms with Gasteiger partial charge in [-0.1, -0.05) is 41.9 Å². The van der Waals surface area contributed by atoms with Crippen molar-refractivity contribution in [1.29, 1.82) is 0 Å². The molecule has 0 saturated carbocycles. The van der Waals surface area contributed by atoms with Gasteiger partial charge in [0.25, 0.3) is 0 Å². The first-order chi connectivity index (χ1) is 13.6. The van der Waals surface area contributed by atoms with Crippen LogP contribution >= 0.6 is 11.6 Å². The molecule has 6 nitrogen and oxygen atoms in total. The van der Waals surface area contributed by atoms with E-state index in [9.17, 15) is 4.79 Å². The summed E-state index contributed by atoms with van der Waals surface area (Å²) in [5, 5.41) is 10.6. The van der Waals surface area contributed by atoms with Gasteiger partial charge in [0, 0.05) is 39.7 Å². The summed E-state index contributed by atoms with van der Waals surface area (Å²) in [7, 11) is 1.60. The van der Waals surface area contributed by atoms with Gasteiger partial charge < -0.3 is 14.8 Å². The highest BCUT2D eigenvalue weighted by Gasteiger charge is 2.33. The van der Waals surface area contributed by atoms with Crippen LogP contribution in [0.15, 0.2) is 42.5 Å². The van der Waals surface area contributed by atoms with E-state index in [1.807, 2.05) is 49.4 Å². The first-order valence-corrected chi connectivity index (χ1v) is 9.34. The monoisotopic (exact) mass is 397 g/mol. The van der Waals surface area contributed by atoms with Crippen LogP contribution < -0.4 is 14.8 Å². The molecule has 0 fully saturated rings. The van der Waals surface area contributed by atoms with Crippen molar-refractivity contribution < 1.29 is 14.3 Å². The lowest BCUT2D eigenvalue weighted by atomic mass is 9.85. The Morgan fingerprint density at radius 1 is 1.21 bits per heavy atom. The number of ether oxygens (including phenoxy) is 2. The second kappa shape index (κ2) is 7.56. The number of H-pyrrole nitrogens is 1. The number of aromatic amines is 1. The van der Waals surface area contributed by atoms with Crippen LogP contribution in [0, 0.1) is 6.92 Å². The molecule has 3 aromatic rings. The second-order valence-electron chi connectivity index (χ2n) is 6.67. The van der Waals surface area contributed by atoms with Crippen LogP contribution in [-0.2, 0) is 11.4 Å². The van der Waals surface area contributed by atoms with Gasteiger partial charge in [-0.05, 0) is 19.1 Å². The minimum Gasteiger partial charge on any atom is -0.493 e. The molecule has 2 N–H and O–H groups in total. The second-order valence-corrected chi connectivity index (χ2v) is 7.08. The highest BCUT2D eigenvalue weighted by Crippen LogP contribution is 2.44. The van der Waals surface area contributed by atoms with E-state index >= 15 is 0 Å². The third-order valence-electron chi connectivity index (χ3n) is 4.92. The lowest BCUT2D eigenvalue weighted by Crippen LogP contribution is -2.24. The van der Waals surface area contributed by atoms with Crippen molar-refractivity contribution in [2.24, 2.45) is 0 Å². The number of anilines is 1. The Morgan fingerprint density at radius 2 is 2.04 bits per heavy atom. The summed E-state index contributed by atoms with van der Waals surface area (Å²) in [5.74, 6) is 1.52. The normalized spacial score (nSPS) is 15.7. The van der Waals surface area contributed by atoms with E-state index in [0.717, 1.165) is 22.4 Å². The molecule has 0 unspecified atom stereocenters. The molecule has 1 aromatic heterocycles. The van der Waals surface area contributed by atoms with E-state index in [-0.39, 0.29) is 11.8 Å². The smallest absolute Gasteiger partial charge is 0.226 e. The maximum atomic E-state index is 12.3. The van der Waals surface area contributed by atoms with Crippen LogP contribution in [0.4, 0.5) is 5.82 Å². The van der Waals surface area contributed by atoms with Gasteiger partial charge in [0.05, 0.1) is 7.11 Å². The zero-order valence-corrected chi connectivity index (χ0v) is 16.3. The average Bonchev–Trinajstić information content (AvgIpc) is 3.07. The summed E-state index contributed by atoms with van der Waals surface area (Å²) >= 11 is 6.27. The summed E-state index contributed by atoms with van der Waals surface area (Å²) in [6, 6.07) is 13.3. The molecule has 144 valence electrons. The number of nitrogens with one attached hydrogen (secondary N) is 2. The van der Waals surface area contributed by atoms with E-state index in [1.165, 1.54) is 0 Å². The molecular weight excluding hydrogens is 378 g/mol. The van der Waals surface area contributed by atoms with E-state index in [1.54, 1.807) is 7.11 Å². The molecule has 2 aromatic carbocycles. The first kappa shape index (κ1) is 18.4. The third kappa shape index (κ3) is 3.31. The Kier molecular flexibility index (Phi) is 4.96. The molecule has 7 heteroatoms. The maximum Gasteiger partial charge on any atom is 0.226 e. The molecule has 1 aliphatic heterocycles. The van der Waals surface area contributed by atoms with Crippen LogP contribution in [0.2, 0.25) is 5.02 Å². The number of hydrogen-bond acceptors (Lipinski definition) is 4. The molecule has 0 bridgehead atoms. The third-order valence-corrected chi connectivity index (χ3v) is 5.29. The first-order valence-electron chi connectivity index (χ1n) is 8.96. The van der Waals surface area contributed by atoms with Crippen LogP contribution in [-0.4, -0.2) is 23.2 Å². The molecule has 4 rings (SSSR count). The molecule has 0 aliphatic carbocycles. The molecule has 1 atom stereocenters. The van der Waals surface area contributed by atoms with Gasteiger partial charge in [-0.15, -0.1) is 0 Å². The number of carbonyl (C=O) groups is 1. The summed E-state index contributed by atoms with van der Waals surface area (Å²) < 4.78 is 11.7. The predicted octanol–water partition coefficient (Wildman–Crippen LogP) is 4.43.